The molecule has 32 heavy (non-hydrogen) atoms. The van der Waals surface area contributed by atoms with Crippen LogP contribution >= 0.6 is 11.6 Å². The van der Waals surface area contributed by atoms with Crippen LogP contribution in [0.2, 0.25) is 5.02 Å². The number of pyridine rings is 2. The Kier molecular flexibility index (Phi) is 5.07. The number of aromatic amines is 1. The van der Waals surface area contributed by atoms with Gasteiger partial charge in [0.2, 0.25) is 0 Å². The lowest BCUT2D eigenvalue weighted by atomic mass is 10.0. The molecule has 0 aliphatic carbocycles. The molecule has 7 heteroatoms. The van der Waals surface area contributed by atoms with Gasteiger partial charge in [0.1, 0.15) is 11.5 Å². The van der Waals surface area contributed by atoms with Gasteiger partial charge in [-0.2, -0.15) is 5.10 Å². The first-order chi connectivity index (χ1) is 15.5. The lowest BCUT2D eigenvalue weighted by Crippen LogP contribution is -2.19. The zero-order valence-electron chi connectivity index (χ0n) is 17.1. The van der Waals surface area contributed by atoms with Gasteiger partial charge < -0.3 is 4.57 Å². The van der Waals surface area contributed by atoms with Gasteiger partial charge in [0.05, 0.1) is 12.1 Å². The van der Waals surface area contributed by atoms with E-state index in [1.165, 1.54) is 22.8 Å². The van der Waals surface area contributed by atoms with Crippen molar-refractivity contribution in [3.05, 3.63) is 106 Å². The van der Waals surface area contributed by atoms with Crippen LogP contribution in [0.1, 0.15) is 11.3 Å². The number of H-pyrrole nitrogens is 1. The predicted octanol–water partition coefficient (Wildman–Crippen LogP) is 5.60. The maximum Gasteiger partial charge on any atom is 0.251 e. The van der Waals surface area contributed by atoms with Crippen molar-refractivity contribution in [1.29, 1.82) is 0 Å². The van der Waals surface area contributed by atoms with Crippen LogP contribution in [0, 0.1) is 12.7 Å². The summed E-state index contributed by atoms with van der Waals surface area (Å²) in [6.07, 6.45) is 3.43. The molecule has 0 spiro atoms. The number of benzene rings is 2. The van der Waals surface area contributed by atoms with Crippen molar-refractivity contribution in [1.82, 2.24) is 19.7 Å². The van der Waals surface area contributed by atoms with E-state index in [9.17, 15) is 9.18 Å². The summed E-state index contributed by atoms with van der Waals surface area (Å²) in [5, 5.41) is 8.92. The number of aromatic nitrogens is 4. The van der Waals surface area contributed by atoms with Crippen molar-refractivity contribution in [2.75, 3.05) is 0 Å². The Morgan fingerprint density at radius 3 is 2.66 bits per heavy atom. The highest BCUT2D eigenvalue weighted by molar-refractivity contribution is 6.30. The molecule has 158 valence electrons. The predicted molar refractivity (Wildman–Crippen MR) is 124 cm³/mol. The Morgan fingerprint density at radius 1 is 1.00 bits per heavy atom. The summed E-state index contributed by atoms with van der Waals surface area (Å²) >= 11 is 5.97. The fourth-order valence-electron chi connectivity index (χ4n) is 3.77. The van der Waals surface area contributed by atoms with Crippen LogP contribution in [0.15, 0.2) is 77.9 Å². The van der Waals surface area contributed by atoms with Gasteiger partial charge >= 0.3 is 0 Å². The maximum absolute atomic E-state index is 14.1. The molecule has 2 aromatic carbocycles. The van der Waals surface area contributed by atoms with E-state index in [2.05, 4.69) is 15.2 Å². The van der Waals surface area contributed by atoms with Crippen molar-refractivity contribution in [3.63, 3.8) is 0 Å². The lowest BCUT2D eigenvalue weighted by molar-refractivity contribution is 0.596. The van der Waals surface area contributed by atoms with E-state index in [0.717, 1.165) is 39.0 Å². The van der Waals surface area contributed by atoms with Crippen molar-refractivity contribution in [2.24, 2.45) is 0 Å². The summed E-state index contributed by atoms with van der Waals surface area (Å²) in [7, 11) is 0. The van der Waals surface area contributed by atoms with E-state index in [1.807, 2.05) is 43.3 Å². The van der Waals surface area contributed by atoms with Crippen LogP contribution in [0.25, 0.3) is 33.3 Å². The summed E-state index contributed by atoms with van der Waals surface area (Å²) < 4.78 is 15.5. The van der Waals surface area contributed by atoms with Crippen LogP contribution in [0.5, 0.6) is 0 Å². The van der Waals surface area contributed by atoms with Crippen LogP contribution < -0.4 is 5.56 Å². The number of halogens is 2. The van der Waals surface area contributed by atoms with Crippen molar-refractivity contribution < 1.29 is 4.39 Å². The molecule has 0 saturated heterocycles. The van der Waals surface area contributed by atoms with Gasteiger partial charge in [0.25, 0.3) is 5.56 Å². The molecule has 0 atom stereocenters. The molecule has 3 heterocycles. The lowest BCUT2D eigenvalue weighted by Gasteiger charge is -2.09. The molecule has 3 aromatic heterocycles. The zero-order valence-corrected chi connectivity index (χ0v) is 17.9. The van der Waals surface area contributed by atoms with E-state index < -0.39 is 5.82 Å². The molecule has 5 rings (SSSR count). The highest BCUT2D eigenvalue weighted by Crippen LogP contribution is 2.30. The van der Waals surface area contributed by atoms with Gasteiger partial charge in [0, 0.05) is 45.7 Å². The normalized spacial score (nSPS) is 11.2. The van der Waals surface area contributed by atoms with Crippen molar-refractivity contribution in [2.45, 2.75) is 13.5 Å². The summed E-state index contributed by atoms with van der Waals surface area (Å²) in [6, 6.07) is 17.5. The van der Waals surface area contributed by atoms with Crippen molar-refractivity contribution in [3.8, 4) is 22.4 Å². The number of hydrogen-bond donors (Lipinski definition) is 1. The van der Waals surface area contributed by atoms with E-state index in [-0.39, 0.29) is 12.1 Å². The zero-order chi connectivity index (χ0) is 22.2. The standard InChI is InChI=1S/C25H18ClFN4O/c1-15-10-18(6-8-28-15)25-21-12-16(2-5-23(21)29-30-25)17-7-9-31(24(32)13-17)14-19-11-20(26)3-4-22(19)27/h2-13H,14H2,1H3,(H,29,30). The molecule has 5 aromatic rings. The first kappa shape index (κ1) is 20.2. The van der Waals surface area contributed by atoms with Crippen molar-refractivity contribution >= 4 is 22.5 Å². The second kappa shape index (κ2) is 8.05. The van der Waals surface area contributed by atoms with Crippen LogP contribution in [-0.2, 0) is 6.54 Å². The minimum atomic E-state index is -0.394. The number of nitrogens with zero attached hydrogens (tertiary/aromatic N) is 3. The quantitative estimate of drug-likeness (QED) is 0.392. The minimum absolute atomic E-state index is 0.109. The Morgan fingerprint density at radius 2 is 1.84 bits per heavy atom. The van der Waals surface area contributed by atoms with Gasteiger partial charge in [-0.1, -0.05) is 17.7 Å². The van der Waals surface area contributed by atoms with Crippen LogP contribution in [0.4, 0.5) is 4.39 Å². The van der Waals surface area contributed by atoms with Gasteiger partial charge in [0.15, 0.2) is 0 Å². The average molecular weight is 445 g/mol. The number of aryl methyl sites for hydroxylation is 1. The molecule has 0 fully saturated rings. The Bertz CT molecular complexity index is 1520. The molecular weight excluding hydrogens is 427 g/mol. The highest BCUT2D eigenvalue weighted by atomic mass is 35.5. The molecule has 1 N–H and O–H groups in total. The topological polar surface area (TPSA) is 63.6 Å². The molecule has 0 bridgehead atoms. The Labute approximate surface area is 188 Å². The van der Waals surface area contributed by atoms with Gasteiger partial charge in [-0.05, 0) is 66.6 Å². The molecule has 0 unspecified atom stereocenters. The molecule has 0 aliphatic heterocycles. The SMILES string of the molecule is Cc1cc(-c2n[nH]c3ccc(-c4ccn(Cc5cc(Cl)ccc5F)c(=O)c4)cc23)ccn1. The van der Waals surface area contributed by atoms with Crippen LogP contribution in [-0.4, -0.2) is 19.7 Å². The fourth-order valence-corrected chi connectivity index (χ4v) is 3.97. The molecule has 0 amide bonds. The number of hydrogen-bond acceptors (Lipinski definition) is 3. The first-order valence-electron chi connectivity index (χ1n) is 10.0. The summed E-state index contributed by atoms with van der Waals surface area (Å²) in [4.78, 5) is 17.0. The van der Waals surface area contributed by atoms with Gasteiger partial charge in [-0.25, -0.2) is 4.39 Å². The molecule has 0 saturated carbocycles. The van der Waals surface area contributed by atoms with E-state index in [1.54, 1.807) is 18.5 Å². The molecule has 0 aliphatic rings. The second-order valence-corrected chi connectivity index (χ2v) is 8.07. The third-order valence-electron chi connectivity index (χ3n) is 5.41. The summed E-state index contributed by atoms with van der Waals surface area (Å²) in [5.41, 5.74) is 5.43. The molecule has 0 radical (unpaired) electrons. The first-order valence-corrected chi connectivity index (χ1v) is 10.4. The highest BCUT2D eigenvalue weighted by Gasteiger charge is 2.11. The summed E-state index contributed by atoms with van der Waals surface area (Å²) in [6.45, 7) is 2.05. The van der Waals surface area contributed by atoms with E-state index in [0.29, 0.717) is 10.6 Å². The third-order valence-corrected chi connectivity index (χ3v) is 5.65. The monoisotopic (exact) mass is 444 g/mol. The van der Waals surface area contributed by atoms with E-state index >= 15 is 0 Å². The smallest absolute Gasteiger partial charge is 0.251 e. The Hall–Kier alpha value is -3.77. The summed E-state index contributed by atoms with van der Waals surface area (Å²) in [5.74, 6) is -0.394. The number of rotatable bonds is 4. The van der Waals surface area contributed by atoms with E-state index in [4.69, 9.17) is 11.6 Å². The largest absolute Gasteiger partial charge is 0.311 e. The third kappa shape index (κ3) is 3.81. The molecule has 5 nitrogen and oxygen atoms in total. The fraction of sp³-hybridized carbons (Fsp3) is 0.0800. The number of fused-ring (bicyclic) bond motifs is 1. The maximum atomic E-state index is 14.1. The van der Waals surface area contributed by atoms with Gasteiger partial charge in [-0.3, -0.25) is 14.9 Å². The average Bonchev–Trinajstić information content (AvgIpc) is 3.21. The van der Waals surface area contributed by atoms with Crippen LogP contribution in [0.3, 0.4) is 0 Å². The minimum Gasteiger partial charge on any atom is -0.311 e. The second-order valence-electron chi connectivity index (χ2n) is 7.64. The van der Waals surface area contributed by atoms with Gasteiger partial charge in [-0.15, -0.1) is 0 Å². The Balaban J connectivity index is 1.51. The number of nitrogens with one attached hydrogen (secondary N) is 1. The molecular formula is C25H18ClFN4O.